The first kappa shape index (κ1) is 32.2. The average Bonchev–Trinajstić information content (AvgIpc) is 2.87. The average molecular weight is 553 g/mol. The molecule has 0 fully saturated rings. The number of methoxy groups -OCH3 is 1. The number of hydrogen-bond donors (Lipinski definition) is 2. The minimum atomic E-state index is -1.54. The maximum Gasteiger partial charge on any atom is 0.305 e. The van der Waals surface area contributed by atoms with Gasteiger partial charge in [0.15, 0.2) is 5.78 Å². The van der Waals surface area contributed by atoms with Crippen LogP contribution in [0.3, 0.4) is 0 Å². The molecule has 0 unspecified atom stereocenters. The number of ketones is 1. The number of aliphatic carboxylic acids is 1. The Morgan fingerprint density at radius 2 is 1.81 bits per heavy atom. The van der Waals surface area contributed by atoms with Gasteiger partial charge in [-0.1, -0.05) is 30.7 Å². The number of aromatic nitrogens is 1. The zero-order chi connectivity index (χ0) is 27.8. The van der Waals surface area contributed by atoms with Crippen molar-refractivity contribution in [2.45, 2.75) is 63.9 Å². The second-order valence-corrected chi connectivity index (χ2v) is 10.8. The van der Waals surface area contributed by atoms with E-state index in [-0.39, 0.29) is 48.0 Å². The van der Waals surface area contributed by atoms with Gasteiger partial charge in [0.25, 0.3) is 0 Å². The summed E-state index contributed by atoms with van der Waals surface area (Å²) in [4.78, 5) is 64.6. The number of carboxylic acids is 1. The molecule has 2 N–H and O–H groups in total. The Morgan fingerprint density at radius 1 is 1.08 bits per heavy atom. The van der Waals surface area contributed by atoms with Gasteiger partial charge in [-0.15, -0.1) is 0 Å². The maximum absolute atomic E-state index is 12.8. The molecule has 1 heterocycles. The molecule has 1 atom stereocenters. The van der Waals surface area contributed by atoms with Crippen LogP contribution in [-0.2, 0) is 28.7 Å². The zero-order valence-corrected chi connectivity index (χ0v) is 23.2. The number of carboxylic acid groups (broad SMARTS) is 1. The molecule has 0 saturated heterocycles. The summed E-state index contributed by atoms with van der Waals surface area (Å²) in [5.74, 6) is -2.87. The maximum atomic E-state index is 12.8. The number of pyridine rings is 1. The summed E-state index contributed by atoms with van der Waals surface area (Å²) >= 11 is 0. The highest BCUT2D eigenvalue weighted by Crippen LogP contribution is 2.29. The lowest BCUT2D eigenvalue weighted by Gasteiger charge is -2.23. The minimum Gasteiger partial charge on any atom is -0.545 e. The van der Waals surface area contributed by atoms with E-state index in [1.54, 1.807) is 20.0 Å². The molecular formula is C25H34N3O7S2-. The molecule has 10 nitrogen and oxygen atoms in total. The van der Waals surface area contributed by atoms with E-state index in [9.17, 15) is 29.1 Å². The molecule has 1 aromatic heterocycles. The number of nitrogens with one attached hydrogen (secondary N) is 2. The fourth-order valence-electron chi connectivity index (χ4n) is 3.14. The second kappa shape index (κ2) is 17.6. The largest absolute Gasteiger partial charge is 0.545 e. The molecule has 1 rings (SSSR count). The van der Waals surface area contributed by atoms with E-state index in [1.165, 1.54) is 35.6 Å². The summed E-state index contributed by atoms with van der Waals surface area (Å²) in [7, 11) is 4.22. The van der Waals surface area contributed by atoms with Crippen molar-refractivity contribution in [2.75, 3.05) is 19.4 Å². The van der Waals surface area contributed by atoms with Crippen molar-refractivity contribution in [1.82, 2.24) is 15.6 Å². The quantitative estimate of drug-likeness (QED) is 0.127. The van der Waals surface area contributed by atoms with Crippen LogP contribution in [0.15, 0.2) is 40.6 Å². The molecule has 37 heavy (non-hydrogen) atoms. The zero-order valence-electron chi connectivity index (χ0n) is 21.5. The lowest BCUT2D eigenvalue weighted by Crippen LogP contribution is -2.45. The third-order valence-corrected chi connectivity index (χ3v) is 7.52. The highest BCUT2D eigenvalue weighted by atomic mass is 33.1. The number of hydrogen-bond acceptors (Lipinski definition) is 10. The molecule has 204 valence electrons. The molecule has 0 bridgehead atoms. The van der Waals surface area contributed by atoms with Gasteiger partial charge in [-0.25, -0.2) is 4.98 Å². The smallest absolute Gasteiger partial charge is 0.305 e. The molecule has 0 aliphatic rings. The van der Waals surface area contributed by atoms with Gasteiger partial charge in [-0.3, -0.25) is 19.2 Å². The number of rotatable bonds is 17. The standard InChI is InChI=1S/C25H35N3O7S2/c1-16(2)23(28-24(32)18(17(3)25(33)34)10-11-22(31)35-4)19(29)8-7-14-26-20(30)12-15-36-37-21-9-5-6-13-27-21/h5-6,9,13,16,23H,7-8,10-12,14-15H2,1-4H3,(H,26,30)(H,28,32)(H,33,34)/p-1/b18-17-/t23-/m0/s1. The molecule has 0 spiro atoms. The van der Waals surface area contributed by atoms with E-state index in [0.29, 0.717) is 25.1 Å². The van der Waals surface area contributed by atoms with E-state index in [4.69, 9.17) is 0 Å². The SMILES string of the molecule is COC(=O)CC/C(C(=O)N[C@H](C(=O)CCCNC(=O)CCSSc1ccccn1)C(C)C)=C(\C)C(=O)[O-]. The number of amides is 2. The van der Waals surface area contributed by atoms with Crippen LogP contribution < -0.4 is 15.7 Å². The van der Waals surface area contributed by atoms with Crippen molar-refractivity contribution in [1.29, 1.82) is 0 Å². The molecule has 12 heteroatoms. The first-order valence-corrected chi connectivity index (χ1v) is 14.2. The fraction of sp³-hybridized carbons (Fsp3) is 0.520. The van der Waals surface area contributed by atoms with Crippen LogP contribution in [0.25, 0.3) is 0 Å². The number of carbonyl (C=O) groups is 5. The van der Waals surface area contributed by atoms with Gasteiger partial charge in [0, 0.05) is 43.3 Å². The van der Waals surface area contributed by atoms with Crippen LogP contribution in [0.5, 0.6) is 0 Å². The van der Waals surface area contributed by atoms with Crippen LogP contribution in [0, 0.1) is 5.92 Å². The van der Waals surface area contributed by atoms with E-state index in [2.05, 4.69) is 20.4 Å². The monoisotopic (exact) mass is 552 g/mol. The normalized spacial score (nSPS) is 12.4. The van der Waals surface area contributed by atoms with Crippen molar-refractivity contribution in [3.63, 3.8) is 0 Å². The number of Topliss-reactive ketones (excluding diaryl/α,β-unsaturated/α-hetero) is 1. The Kier molecular flexibility index (Phi) is 15.3. The van der Waals surface area contributed by atoms with Crippen molar-refractivity contribution >= 4 is 51.1 Å². The summed E-state index contributed by atoms with van der Waals surface area (Å²) in [6.45, 7) is 5.05. The fourth-order valence-corrected chi connectivity index (χ4v) is 5.01. The van der Waals surface area contributed by atoms with E-state index < -0.39 is 23.9 Å². The molecular weight excluding hydrogens is 518 g/mol. The Bertz CT molecular complexity index is 968. The Balaban J connectivity index is 2.51. The molecule has 1 aromatic rings. The predicted octanol–water partition coefficient (Wildman–Crippen LogP) is 1.84. The molecule has 0 aliphatic heterocycles. The third-order valence-electron chi connectivity index (χ3n) is 5.26. The van der Waals surface area contributed by atoms with Crippen molar-refractivity contribution in [3.05, 3.63) is 35.5 Å². The molecule has 0 aliphatic carbocycles. The van der Waals surface area contributed by atoms with Crippen molar-refractivity contribution in [3.8, 4) is 0 Å². The van der Waals surface area contributed by atoms with Gasteiger partial charge in [0.05, 0.1) is 19.1 Å². The van der Waals surface area contributed by atoms with E-state index in [0.717, 1.165) is 5.03 Å². The molecule has 2 amide bonds. The van der Waals surface area contributed by atoms with Gasteiger partial charge >= 0.3 is 5.97 Å². The van der Waals surface area contributed by atoms with Crippen LogP contribution in [0.1, 0.15) is 52.9 Å². The summed E-state index contributed by atoms with van der Waals surface area (Å²) in [5, 5.41) is 17.6. The lowest BCUT2D eigenvalue weighted by atomic mass is 9.95. The van der Waals surface area contributed by atoms with Gasteiger partial charge in [0.2, 0.25) is 11.8 Å². The van der Waals surface area contributed by atoms with Crippen LogP contribution >= 0.6 is 21.6 Å². The van der Waals surface area contributed by atoms with Gasteiger partial charge < -0.3 is 25.3 Å². The van der Waals surface area contributed by atoms with Crippen LogP contribution in [0.4, 0.5) is 0 Å². The Hall–Kier alpha value is -2.86. The highest BCUT2D eigenvalue weighted by molar-refractivity contribution is 8.76. The molecule has 0 aromatic carbocycles. The molecule has 0 saturated carbocycles. The third kappa shape index (κ3) is 12.8. The number of carbonyl (C=O) groups excluding carboxylic acids is 5. The van der Waals surface area contributed by atoms with Crippen molar-refractivity contribution < 1.29 is 33.8 Å². The first-order chi connectivity index (χ1) is 17.6. The first-order valence-electron chi connectivity index (χ1n) is 11.9. The Labute approximate surface area is 225 Å². The van der Waals surface area contributed by atoms with E-state index in [1.807, 2.05) is 18.2 Å². The highest BCUT2D eigenvalue weighted by Gasteiger charge is 2.26. The number of esters is 1. The second-order valence-electron chi connectivity index (χ2n) is 8.41. The topological polar surface area (TPSA) is 155 Å². The number of nitrogens with zero attached hydrogens (tertiary/aromatic N) is 1. The summed E-state index contributed by atoms with van der Waals surface area (Å²) in [6.07, 6.45) is 2.20. The lowest BCUT2D eigenvalue weighted by molar-refractivity contribution is -0.299. The van der Waals surface area contributed by atoms with Gasteiger partial charge in [-0.05, 0) is 54.2 Å². The Morgan fingerprint density at radius 3 is 2.41 bits per heavy atom. The van der Waals surface area contributed by atoms with E-state index >= 15 is 0 Å². The van der Waals surface area contributed by atoms with Crippen molar-refractivity contribution in [2.24, 2.45) is 5.92 Å². The van der Waals surface area contributed by atoms with Crippen LogP contribution in [0.2, 0.25) is 0 Å². The van der Waals surface area contributed by atoms with Gasteiger partial charge in [-0.2, -0.15) is 0 Å². The molecule has 0 radical (unpaired) electrons. The van der Waals surface area contributed by atoms with Gasteiger partial charge in [0.1, 0.15) is 5.03 Å². The predicted molar refractivity (Wildman–Crippen MR) is 140 cm³/mol. The number of ether oxygens (including phenoxy) is 1. The minimum absolute atomic E-state index is 0.117. The summed E-state index contributed by atoms with van der Waals surface area (Å²) < 4.78 is 4.55. The summed E-state index contributed by atoms with van der Waals surface area (Å²) in [5.41, 5.74) is -0.453. The summed E-state index contributed by atoms with van der Waals surface area (Å²) in [6, 6.07) is 4.77. The van der Waals surface area contributed by atoms with Crippen LogP contribution in [-0.4, -0.2) is 60.0 Å².